The molecular weight excluding hydrogens is 508 g/mol. The van der Waals surface area contributed by atoms with Crippen LogP contribution in [0, 0.1) is 5.92 Å². The van der Waals surface area contributed by atoms with Gasteiger partial charge < -0.3 is 25.2 Å². The van der Waals surface area contributed by atoms with Crippen molar-refractivity contribution in [2.75, 3.05) is 6.61 Å². The number of carboxylic acids is 1. The molecule has 4 unspecified atom stereocenters. The number of nitrogens with one attached hydrogen (secondary N) is 2. The second kappa shape index (κ2) is 12.3. The molecule has 40 heavy (non-hydrogen) atoms. The number of carbonyl (C=O) groups excluding carboxylic acids is 2. The number of fused-ring (bicyclic) bond motifs is 3. The lowest BCUT2D eigenvalue weighted by atomic mass is 9.98. The van der Waals surface area contributed by atoms with Gasteiger partial charge in [0.15, 0.2) is 0 Å². The second-order valence-corrected chi connectivity index (χ2v) is 10.4. The van der Waals surface area contributed by atoms with Gasteiger partial charge in [0.05, 0.1) is 18.6 Å². The van der Waals surface area contributed by atoms with Crippen LogP contribution >= 0.6 is 0 Å². The molecule has 2 aliphatic carbocycles. The molecule has 0 heterocycles. The summed E-state index contributed by atoms with van der Waals surface area (Å²) in [5, 5.41) is 15.1. The van der Waals surface area contributed by atoms with Gasteiger partial charge in [-0.15, -0.1) is 0 Å². The van der Waals surface area contributed by atoms with Crippen molar-refractivity contribution in [1.29, 1.82) is 0 Å². The van der Waals surface area contributed by atoms with E-state index in [9.17, 15) is 19.5 Å². The normalized spacial score (nSPS) is 19.2. The Morgan fingerprint density at radius 2 is 1.52 bits per heavy atom. The first kappa shape index (κ1) is 27.4. The molecule has 0 spiro atoms. The van der Waals surface area contributed by atoms with Crippen molar-refractivity contribution >= 4 is 18.0 Å². The molecule has 0 saturated heterocycles. The molecule has 8 heteroatoms. The van der Waals surface area contributed by atoms with Gasteiger partial charge in [-0.25, -0.2) is 4.79 Å². The predicted molar refractivity (Wildman–Crippen MR) is 150 cm³/mol. The molecule has 5 rings (SSSR count). The van der Waals surface area contributed by atoms with E-state index in [0.717, 1.165) is 27.8 Å². The number of alkyl carbamates (subject to hydrolysis) is 1. The van der Waals surface area contributed by atoms with Gasteiger partial charge in [-0.1, -0.05) is 85.3 Å². The maximum atomic E-state index is 13.4. The maximum absolute atomic E-state index is 13.4. The molecule has 1 saturated carbocycles. The number of aliphatic carboxylic acids is 1. The fourth-order valence-electron chi connectivity index (χ4n) is 5.76. The number of ether oxygens (including phenoxy) is 2. The summed E-state index contributed by atoms with van der Waals surface area (Å²) in [7, 11) is 0. The topological polar surface area (TPSA) is 114 Å². The van der Waals surface area contributed by atoms with E-state index in [-0.39, 0.29) is 19.1 Å². The average Bonchev–Trinajstić information content (AvgIpc) is 3.56. The Labute approximate surface area is 233 Å². The van der Waals surface area contributed by atoms with Gasteiger partial charge in [0, 0.05) is 12.0 Å². The van der Waals surface area contributed by atoms with Crippen LogP contribution in [0.1, 0.15) is 48.8 Å². The molecule has 2 amide bonds. The van der Waals surface area contributed by atoms with Crippen molar-refractivity contribution in [1.82, 2.24) is 10.6 Å². The van der Waals surface area contributed by atoms with Crippen LogP contribution in [0.2, 0.25) is 0 Å². The number of benzene rings is 3. The number of rotatable bonds is 10. The average molecular weight is 543 g/mol. The van der Waals surface area contributed by atoms with E-state index in [0.29, 0.717) is 19.3 Å². The lowest BCUT2D eigenvalue weighted by molar-refractivity contribution is -0.142. The Bertz CT molecular complexity index is 1310. The lowest BCUT2D eigenvalue weighted by Gasteiger charge is -2.27. The van der Waals surface area contributed by atoms with Crippen molar-refractivity contribution in [3.63, 3.8) is 0 Å². The highest BCUT2D eigenvalue weighted by molar-refractivity contribution is 5.87. The standard InChI is InChI=1S/C32H34N2O6/c1-20(39-18-21-10-3-2-4-11-21)29(30(35)33-28-17-9-16-26(28)31(36)37)34-32(38)40-19-27-24-14-7-5-12-22(24)23-13-6-8-15-25(23)27/h2-8,10-15,20,26-29H,9,16-19H2,1H3,(H,33,35)(H,34,38)(H,36,37). The predicted octanol–water partition coefficient (Wildman–Crippen LogP) is 4.87. The Kier molecular flexibility index (Phi) is 8.45. The Morgan fingerprint density at radius 3 is 2.17 bits per heavy atom. The second-order valence-electron chi connectivity index (χ2n) is 10.4. The molecule has 3 aromatic carbocycles. The highest BCUT2D eigenvalue weighted by Crippen LogP contribution is 2.44. The quantitative estimate of drug-likeness (QED) is 0.337. The molecule has 0 aliphatic heterocycles. The van der Waals surface area contributed by atoms with E-state index >= 15 is 0 Å². The van der Waals surface area contributed by atoms with Crippen LogP contribution in [0.5, 0.6) is 0 Å². The fraction of sp³-hybridized carbons (Fsp3) is 0.344. The first-order valence-corrected chi connectivity index (χ1v) is 13.7. The monoisotopic (exact) mass is 542 g/mol. The molecule has 2 aliphatic rings. The molecule has 4 atom stereocenters. The fourth-order valence-corrected chi connectivity index (χ4v) is 5.76. The van der Waals surface area contributed by atoms with Crippen LogP contribution < -0.4 is 10.6 Å². The summed E-state index contributed by atoms with van der Waals surface area (Å²) >= 11 is 0. The molecule has 0 radical (unpaired) electrons. The largest absolute Gasteiger partial charge is 0.481 e. The van der Waals surface area contributed by atoms with Crippen LogP contribution in [-0.2, 0) is 25.7 Å². The minimum atomic E-state index is -1.07. The number of carboxylic acid groups (broad SMARTS) is 1. The first-order valence-electron chi connectivity index (χ1n) is 13.7. The van der Waals surface area contributed by atoms with Crippen LogP contribution in [0.15, 0.2) is 78.9 Å². The zero-order valence-electron chi connectivity index (χ0n) is 22.4. The lowest BCUT2D eigenvalue weighted by Crippen LogP contribution is -2.56. The summed E-state index contributed by atoms with van der Waals surface area (Å²) in [6.07, 6.45) is 0.348. The highest BCUT2D eigenvalue weighted by Gasteiger charge is 2.37. The molecule has 3 N–H and O–H groups in total. The summed E-state index contributed by atoms with van der Waals surface area (Å²) in [5.74, 6) is -2.20. The molecule has 0 aromatic heterocycles. The molecular formula is C32H34N2O6. The van der Waals surface area contributed by atoms with Gasteiger partial charge in [0.1, 0.15) is 12.6 Å². The number of carbonyl (C=O) groups is 3. The van der Waals surface area contributed by atoms with E-state index < -0.39 is 42.1 Å². The van der Waals surface area contributed by atoms with Crippen molar-refractivity contribution in [2.45, 2.75) is 56.9 Å². The summed E-state index contributed by atoms with van der Waals surface area (Å²) in [5.41, 5.74) is 5.35. The van der Waals surface area contributed by atoms with Gasteiger partial charge in [0.25, 0.3) is 0 Å². The molecule has 0 bridgehead atoms. The van der Waals surface area contributed by atoms with Crippen LogP contribution in [0.25, 0.3) is 11.1 Å². The summed E-state index contributed by atoms with van der Waals surface area (Å²) in [4.78, 5) is 38.1. The van der Waals surface area contributed by atoms with Gasteiger partial charge in [-0.3, -0.25) is 9.59 Å². The minimum absolute atomic E-state index is 0.108. The Hall–Kier alpha value is -4.17. The number of amides is 2. The smallest absolute Gasteiger partial charge is 0.407 e. The molecule has 8 nitrogen and oxygen atoms in total. The number of hydrogen-bond acceptors (Lipinski definition) is 5. The van der Waals surface area contributed by atoms with Gasteiger partial charge >= 0.3 is 12.1 Å². The van der Waals surface area contributed by atoms with Gasteiger partial charge in [0.2, 0.25) is 5.91 Å². The minimum Gasteiger partial charge on any atom is -0.481 e. The SMILES string of the molecule is CC(OCc1ccccc1)C(NC(=O)OCC1c2ccccc2-c2ccccc21)C(=O)NC1CCCC1C(=O)O. The van der Waals surface area contributed by atoms with E-state index in [1.807, 2.05) is 66.7 Å². The van der Waals surface area contributed by atoms with Crippen molar-refractivity contribution in [2.24, 2.45) is 5.92 Å². The highest BCUT2D eigenvalue weighted by atomic mass is 16.5. The molecule has 1 fully saturated rings. The zero-order chi connectivity index (χ0) is 28.1. The van der Waals surface area contributed by atoms with Crippen LogP contribution in [-0.4, -0.2) is 47.9 Å². The van der Waals surface area contributed by atoms with E-state index in [2.05, 4.69) is 22.8 Å². The third-order valence-electron chi connectivity index (χ3n) is 7.89. The molecule has 3 aromatic rings. The third kappa shape index (κ3) is 6.02. The summed E-state index contributed by atoms with van der Waals surface area (Å²) in [6.45, 7) is 2.07. The van der Waals surface area contributed by atoms with Crippen molar-refractivity contribution in [3.05, 3.63) is 95.6 Å². The van der Waals surface area contributed by atoms with Crippen LogP contribution in [0.4, 0.5) is 4.79 Å². The van der Waals surface area contributed by atoms with E-state index in [4.69, 9.17) is 9.47 Å². The maximum Gasteiger partial charge on any atom is 0.407 e. The zero-order valence-corrected chi connectivity index (χ0v) is 22.4. The van der Waals surface area contributed by atoms with Gasteiger partial charge in [-0.2, -0.15) is 0 Å². The van der Waals surface area contributed by atoms with E-state index in [1.54, 1.807) is 6.92 Å². The van der Waals surface area contributed by atoms with Crippen molar-refractivity contribution < 1.29 is 29.0 Å². The Balaban J connectivity index is 1.27. The van der Waals surface area contributed by atoms with Gasteiger partial charge in [-0.05, 0) is 47.6 Å². The summed E-state index contributed by atoms with van der Waals surface area (Å²) < 4.78 is 11.7. The first-order chi connectivity index (χ1) is 19.4. The van der Waals surface area contributed by atoms with E-state index in [1.165, 1.54) is 0 Å². The third-order valence-corrected chi connectivity index (χ3v) is 7.89. The van der Waals surface area contributed by atoms with Crippen molar-refractivity contribution in [3.8, 4) is 11.1 Å². The summed E-state index contributed by atoms with van der Waals surface area (Å²) in [6, 6.07) is 24.1. The molecule has 208 valence electrons. The number of hydrogen-bond donors (Lipinski definition) is 3. The Morgan fingerprint density at radius 1 is 0.900 bits per heavy atom. The van der Waals surface area contributed by atoms with Crippen LogP contribution in [0.3, 0.4) is 0 Å².